The summed E-state index contributed by atoms with van der Waals surface area (Å²) in [6.45, 7) is 4.75. The average Bonchev–Trinajstić information content (AvgIpc) is 3.70. The van der Waals surface area contributed by atoms with Gasteiger partial charge in [-0.1, -0.05) is 46.3 Å². The highest BCUT2D eigenvalue weighted by Crippen LogP contribution is 2.31. The fraction of sp³-hybridized carbons (Fsp3) is 0.324. The number of pyridine rings is 1. The van der Waals surface area contributed by atoms with Crippen LogP contribution in [0.1, 0.15) is 47.2 Å². The van der Waals surface area contributed by atoms with Crippen molar-refractivity contribution >= 4 is 38.6 Å². The van der Waals surface area contributed by atoms with Gasteiger partial charge in [-0.15, -0.1) is 0 Å². The molecule has 0 unspecified atom stereocenters. The van der Waals surface area contributed by atoms with Crippen molar-refractivity contribution in [1.29, 1.82) is 5.26 Å². The second kappa shape index (κ2) is 12.4. The van der Waals surface area contributed by atoms with E-state index in [4.69, 9.17) is 4.98 Å². The molecule has 2 aliphatic rings. The van der Waals surface area contributed by atoms with Gasteiger partial charge in [-0.25, -0.2) is 4.98 Å². The molecular formula is C34H34BrN5O. The van der Waals surface area contributed by atoms with Gasteiger partial charge >= 0.3 is 0 Å². The van der Waals surface area contributed by atoms with Gasteiger partial charge in [0.05, 0.1) is 22.7 Å². The molecule has 6 nitrogen and oxygen atoms in total. The van der Waals surface area contributed by atoms with Crippen LogP contribution in [0.15, 0.2) is 77.3 Å². The van der Waals surface area contributed by atoms with Crippen LogP contribution in [-0.4, -0.2) is 59.5 Å². The number of carbonyl (C=O) groups is 1. The quantitative estimate of drug-likeness (QED) is 0.236. The van der Waals surface area contributed by atoms with E-state index in [9.17, 15) is 10.1 Å². The van der Waals surface area contributed by atoms with Gasteiger partial charge in [-0.05, 0) is 104 Å². The fourth-order valence-corrected chi connectivity index (χ4v) is 6.37. The van der Waals surface area contributed by atoms with Crippen molar-refractivity contribution in [2.45, 2.75) is 38.1 Å². The highest BCUT2D eigenvalue weighted by atomic mass is 79.9. The van der Waals surface area contributed by atoms with Gasteiger partial charge in [0.15, 0.2) is 0 Å². The number of anilines is 1. The Labute approximate surface area is 250 Å². The minimum Gasteiger partial charge on any atom is -0.370 e. The number of nitrogens with zero attached hydrogens (tertiary/aromatic N) is 4. The predicted octanol–water partition coefficient (Wildman–Crippen LogP) is 6.89. The zero-order chi connectivity index (χ0) is 28.2. The zero-order valence-electron chi connectivity index (χ0n) is 23.2. The first-order valence-corrected chi connectivity index (χ1v) is 15.3. The molecule has 4 aromatic rings. The van der Waals surface area contributed by atoms with Crippen LogP contribution in [0.5, 0.6) is 0 Å². The topological polar surface area (TPSA) is 72.3 Å². The third-order valence-electron chi connectivity index (χ3n) is 8.33. The number of halogens is 1. The Bertz CT molecular complexity index is 1570. The summed E-state index contributed by atoms with van der Waals surface area (Å²) in [7, 11) is 0. The molecule has 0 aliphatic carbocycles. The molecule has 41 heavy (non-hydrogen) atoms. The van der Waals surface area contributed by atoms with E-state index in [-0.39, 0.29) is 11.9 Å². The molecule has 1 atom stereocenters. The van der Waals surface area contributed by atoms with E-state index >= 15 is 0 Å². The summed E-state index contributed by atoms with van der Waals surface area (Å²) in [6.07, 6.45) is 5.46. The summed E-state index contributed by atoms with van der Waals surface area (Å²) in [6, 6.07) is 26.4. The van der Waals surface area contributed by atoms with Crippen molar-refractivity contribution in [2.24, 2.45) is 0 Å². The van der Waals surface area contributed by atoms with Gasteiger partial charge in [0, 0.05) is 35.5 Å². The molecule has 0 bridgehead atoms. The van der Waals surface area contributed by atoms with E-state index in [0.29, 0.717) is 11.1 Å². The summed E-state index contributed by atoms with van der Waals surface area (Å²) in [5.74, 6) is 0.811. The Morgan fingerprint density at radius 2 is 1.71 bits per heavy atom. The van der Waals surface area contributed by atoms with Crippen LogP contribution in [0.3, 0.4) is 0 Å². The maximum absolute atomic E-state index is 14.3. The molecule has 2 fully saturated rings. The third-order valence-corrected chi connectivity index (χ3v) is 8.85. The lowest BCUT2D eigenvalue weighted by molar-refractivity contribution is 0.0710. The summed E-state index contributed by atoms with van der Waals surface area (Å²) in [5.41, 5.74) is 5.38. The number of amides is 1. The van der Waals surface area contributed by atoms with Gasteiger partial charge in [0.1, 0.15) is 5.82 Å². The Hall–Kier alpha value is -3.73. The van der Waals surface area contributed by atoms with Crippen LogP contribution in [0.2, 0.25) is 0 Å². The molecule has 7 heteroatoms. The van der Waals surface area contributed by atoms with Crippen molar-refractivity contribution in [2.75, 3.05) is 38.0 Å². The normalized spacial score (nSPS) is 17.2. The smallest absolute Gasteiger partial charge is 0.254 e. The highest BCUT2D eigenvalue weighted by Gasteiger charge is 2.32. The molecule has 3 aromatic carbocycles. The lowest BCUT2D eigenvalue weighted by Gasteiger charge is -2.29. The maximum atomic E-state index is 14.3. The Morgan fingerprint density at radius 3 is 2.46 bits per heavy atom. The van der Waals surface area contributed by atoms with Gasteiger partial charge < -0.3 is 15.1 Å². The summed E-state index contributed by atoms with van der Waals surface area (Å²) in [4.78, 5) is 23.8. The molecule has 0 saturated carbocycles. The second-order valence-corrected chi connectivity index (χ2v) is 12.0. The van der Waals surface area contributed by atoms with Crippen LogP contribution in [0.4, 0.5) is 5.82 Å². The number of carbonyl (C=O) groups excluding carboxylic acids is 1. The molecule has 2 aliphatic heterocycles. The number of nitrogens with one attached hydrogen (secondary N) is 1. The first-order valence-electron chi connectivity index (χ1n) is 14.5. The van der Waals surface area contributed by atoms with E-state index in [2.05, 4.69) is 67.4 Å². The number of nitriles is 1. The summed E-state index contributed by atoms with van der Waals surface area (Å²) >= 11 is 3.50. The standard InChI is InChI=1S/C34H34BrN5O/c35-28-12-7-24(8-13-28)15-16-37-33-21-31(34(41)40-19-3-4-29(40)23-39-17-1-2-18-39)30-20-27(11-14-32(30)38-33)26-9-5-25(22-36)6-10-26/h5-14,20-21,29H,1-4,15-19,23H2,(H,37,38)/t29-/m0/s1. The molecule has 3 heterocycles. The number of benzene rings is 3. The molecular weight excluding hydrogens is 574 g/mol. The second-order valence-electron chi connectivity index (χ2n) is 11.1. The summed E-state index contributed by atoms with van der Waals surface area (Å²) < 4.78 is 1.07. The highest BCUT2D eigenvalue weighted by molar-refractivity contribution is 9.10. The van der Waals surface area contributed by atoms with Crippen LogP contribution < -0.4 is 5.32 Å². The van der Waals surface area contributed by atoms with Crippen molar-refractivity contribution in [3.05, 3.63) is 94.0 Å². The van der Waals surface area contributed by atoms with Crippen molar-refractivity contribution in [1.82, 2.24) is 14.8 Å². The monoisotopic (exact) mass is 607 g/mol. The van der Waals surface area contributed by atoms with Gasteiger partial charge in [-0.3, -0.25) is 4.79 Å². The number of aromatic nitrogens is 1. The first kappa shape index (κ1) is 27.4. The van der Waals surface area contributed by atoms with Crippen molar-refractivity contribution in [3.63, 3.8) is 0 Å². The SMILES string of the molecule is N#Cc1ccc(-c2ccc3nc(NCCc4ccc(Br)cc4)cc(C(=O)N4CCC[C@H]4CN4CCCC4)c3c2)cc1. The molecule has 208 valence electrons. The van der Waals surface area contributed by atoms with Crippen molar-refractivity contribution in [3.8, 4) is 17.2 Å². The molecule has 1 amide bonds. The molecule has 0 spiro atoms. The van der Waals surface area contributed by atoms with E-state index in [0.717, 1.165) is 84.3 Å². The number of hydrogen-bond donors (Lipinski definition) is 1. The third kappa shape index (κ3) is 6.29. The average molecular weight is 609 g/mol. The molecule has 0 radical (unpaired) electrons. The number of rotatable bonds is 8. The van der Waals surface area contributed by atoms with Gasteiger partial charge in [0.2, 0.25) is 0 Å². The summed E-state index contributed by atoms with van der Waals surface area (Å²) in [5, 5.41) is 13.6. The Kier molecular flexibility index (Phi) is 8.31. The zero-order valence-corrected chi connectivity index (χ0v) is 24.7. The number of hydrogen-bond acceptors (Lipinski definition) is 5. The van der Waals surface area contributed by atoms with Crippen LogP contribution in [0, 0.1) is 11.3 Å². The molecule has 6 rings (SSSR count). The molecule has 2 saturated heterocycles. The Balaban J connectivity index is 1.32. The van der Waals surface area contributed by atoms with E-state index in [1.54, 1.807) is 0 Å². The Morgan fingerprint density at radius 1 is 0.951 bits per heavy atom. The molecule has 1 aromatic heterocycles. The van der Waals surface area contributed by atoms with Crippen LogP contribution in [0.25, 0.3) is 22.0 Å². The maximum Gasteiger partial charge on any atom is 0.254 e. The number of likely N-dealkylation sites (tertiary alicyclic amines) is 2. The lowest BCUT2D eigenvalue weighted by Crippen LogP contribution is -2.42. The lowest BCUT2D eigenvalue weighted by atomic mass is 9.99. The first-order chi connectivity index (χ1) is 20.1. The number of fused-ring (bicyclic) bond motifs is 1. The predicted molar refractivity (Wildman–Crippen MR) is 168 cm³/mol. The van der Waals surface area contributed by atoms with Crippen LogP contribution in [-0.2, 0) is 6.42 Å². The minimum atomic E-state index is 0.0898. The van der Waals surface area contributed by atoms with Gasteiger partial charge in [0.25, 0.3) is 5.91 Å². The van der Waals surface area contributed by atoms with Gasteiger partial charge in [-0.2, -0.15) is 5.26 Å². The largest absolute Gasteiger partial charge is 0.370 e. The van der Waals surface area contributed by atoms with E-state index in [1.807, 2.05) is 42.5 Å². The van der Waals surface area contributed by atoms with E-state index < -0.39 is 0 Å². The van der Waals surface area contributed by atoms with Crippen LogP contribution >= 0.6 is 15.9 Å². The fourth-order valence-electron chi connectivity index (χ4n) is 6.11. The molecule has 1 N–H and O–H groups in total. The van der Waals surface area contributed by atoms with E-state index in [1.165, 1.54) is 18.4 Å². The van der Waals surface area contributed by atoms with Crippen molar-refractivity contribution < 1.29 is 4.79 Å². The minimum absolute atomic E-state index is 0.0898.